The van der Waals surface area contributed by atoms with Gasteiger partial charge in [-0.2, -0.15) is 0 Å². The molecule has 7 nitrogen and oxygen atoms in total. The molecule has 0 spiro atoms. The summed E-state index contributed by atoms with van der Waals surface area (Å²) in [5, 5.41) is 3.22. The molecule has 2 heterocycles. The molecule has 1 amide bonds. The van der Waals surface area contributed by atoms with E-state index in [0.29, 0.717) is 37.8 Å². The van der Waals surface area contributed by atoms with Gasteiger partial charge in [0.05, 0.1) is 0 Å². The number of carbonyl (C=O) groups excluding carboxylic acids is 1. The van der Waals surface area contributed by atoms with Crippen molar-refractivity contribution in [1.82, 2.24) is 14.5 Å². The second kappa shape index (κ2) is 9.44. The lowest BCUT2D eigenvalue weighted by Gasteiger charge is -2.36. The first kappa shape index (κ1) is 22.5. The van der Waals surface area contributed by atoms with Crippen molar-refractivity contribution >= 4 is 23.2 Å². The molecule has 1 aromatic heterocycles. The van der Waals surface area contributed by atoms with E-state index in [-0.39, 0.29) is 23.8 Å². The van der Waals surface area contributed by atoms with Crippen molar-refractivity contribution in [3.05, 3.63) is 81.5 Å². The Kier molecular flexibility index (Phi) is 6.44. The highest BCUT2D eigenvalue weighted by molar-refractivity contribution is 5.77. The van der Waals surface area contributed by atoms with Crippen molar-refractivity contribution in [3.8, 4) is 0 Å². The van der Waals surface area contributed by atoms with Gasteiger partial charge >= 0.3 is 0 Å². The zero-order valence-electron chi connectivity index (χ0n) is 19.1. The van der Waals surface area contributed by atoms with Gasteiger partial charge in [0.25, 0.3) is 5.56 Å². The van der Waals surface area contributed by atoms with Crippen LogP contribution in [0, 0.1) is 26.6 Å². The third kappa shape index (κ3) is 5.39. The van der Waals surface area contributed by atoms with Crippen LogP contribution < -0.4 is 15.8 Å². The van der Waals surface area contributed by atoms with Crippen LogP contribution in [0.25, 0.3) is 0 Å². The summed E-state index contributed by atoms with van der Waals surface area (Å²) >= 11 is 0. The number of piperazine rings is 1. The van der Waals surface area contributed by atoms with Gasteiger partial charge in [-0.05, 0) is 68.3 Å². The van der Waals surface area contributed by atoms with Crippen LogP contribution in [-0.4, -0.2) is 46.5 Å². The number of benzene rings is 2. The molecule has 0 bridgehead atoms. The third-order valence-corrected chi connectivity index (χ3v) is 5.73. The Bertz CT molecular complexity index is 1190. The molecule has 1 aliphatic heterocycles. The first-order valence-corrected chi connectivity index (χ1v) is 11.0. The molecule has 33 heavy (non-hydrogen) atoms. The molecule has 1 N–H and O–H groups in total. The molecule has 4 rings (SSSR count). The number of amides is 1. The van der Waals surface area contributed by atoms with Gasteiger partial charge in [0.1, 0.15) is 12.4 Å². The highest BCUT2D eigenvalue weighted by atomic mass is 19.1. The van der Waals surface area contributed by atoms with Crippen molar-refractivity contribution in [2.45, 2.75) is 27.3 Å². The summed E-state index contributed by atoms with van der Waals surface area (Å²) in [4.78, 5) is 34.2. The summed E-state index contributed by atoms with van der Waals surface area (Å²) in [5.74, 6) is -0.0526. The minimum absolute atomic E-state index is 0.0875. The summed E-state index contributed by atoms with van der Waals surface area (Å²) in [6.07, 6.45) is 0. The Hall–Kier alpha value is -3.68. The number of hydrogen-bond donors (Lipinski definition) is 1. The topological polar surface area (TPSA) is 70.5 Å². The quantitative estimate of drug-likeness (QED) is 0.647. The number of carbonyl (C=O) groups is 1. The smallest absolute Gasteiger partial charge is 0.255 e. The summed E-state index contributed by atoms with van der Waals surface area (Å²) < 4.78 is 14.6. The molecule has 8 heteroatoms. The summed E-state index contributed by atoms with van der Waals surface area (Å²) in [6.45, 7) is 8.03. The minimum Gasteiger partial charge on any atom is -0.368 e. The average molecular weight is 450 g/mol. The normalized spacial score (nSPS) is 13.8. The Labute approximate surface area is 192 Å². The second-order valence-electron chi connectivity index (χ2n) is 8.49. The van der Waals surface area contributed by atoms with E-state index in [1.54, 1.807) is 24.0 Å². The average Bonchev–Trinajstić information content (AvgIpc) is 2.76. The number of anilines is 3. The number of rotatable bonds is 5. The number of nitrogens with zero attached hydrogens (tertiary/aromatic N) is 4. The van der Waals surface area contributed by atoms with Crippen LogP contribution in [0.4, 0.5) is 21.7 Å². The number of aromatic nitrogens is 2. The lowest BCUT2D eigenvalue weighted by molar-refractivity contribution is -0.132. The fourth-order valence-corrected chi connectivity index (χ4v) is 4.15. The maximum Gasteiger partial charge on any atom is 0.255 e. The molecule has 1 fully saturated rings. The maximum atomic E-state index is 13.2. The van der Waals surface area contributed by atoms with E-state index >= 15 is 0 Å². The molecular formula is C25H28FN5O2. The van der Waals surface area contributed by atoms with E-state index in [9.17, 15) is 14.0 Å². The number of hydrogen-bond acceptors (Lipinski definition) is 5. The van der Waals surface area contributed by atoms with Gasteiger partial charge in [-0.25, -0.2) is 9.37 Å². The molecule has 0 radical (unpaired) electrons. The van der Waals surface area contributed by atoms with E-state index in [4.69, 9.17) is 0 Å². The Balaban J connectivity index is 1.47. The van der Waals surface area contributed by atoms with Crippen LogP contribution >= 0.6 is 0 Å². The van der Waals surface area contributed by atoms with Crippen molar-refractivity contribution in [3.63, 3.8) is 0 Å². The van der Waals surface area contributed by atoms with E-state index in [1.165, 1.54) is 22.8 Å². The van der Waals surface area contributed by atoms with Crippen LogP contribution in [0.2, 0.25) is 0 Å². The van der Waals surface area contributed by atoms with Gasteiger partial charge in [-0.3, -0.25) is 14.2 Å². The largest absolute Gasteiger partial charge is 0.368 e. The molecule has 172 valence electrons. The first-order chi connectivity index (χ1) is 15.8. The molecule has 0 aliphatic carbocycles. The van der Waals surface area contributed by atoms with E-state index in [2.05, 4.69) is 21.3 Å². The Morgan fingerprint density at radius 3 is 2.24 bits per heavy atom. The van der Waals surface area contributed by atoms with E-state index in [0.717, 1.165) is 22.5 Å². The first-order valence-electron chi connectivity index (χ1n) is 11.0. The van der Waals surface area contributed by atoms with E-state index in [1.807, 2.05) is 26.0 Å². The van der Waals surface area contributed by atoms with Gasteiger partial charge in [0.2, 0.25) is 11.9 Å². The molecule has 1 saturated heterocycles. The molecular weight excluding hydrogens is 421 g/mol. The monoisotopic (exact) mass is 449 g/mol. The molecule has 3 aromatic rings. The number of nitrogens with one attached hydrogen (secondary N) is 1. The van der Waals surface area contributed by atoms with Gasteiger partial charge < -0.3 is 15.1 Å². The summed E-state index contributed by atoms with van der Waals surface area (Å²) in [6, 6.07) is 13.8. The number of halogens is 1. The highest BCUT2D eigenvalue weighted by Crippen LogP contribution is 2.19. The predicted octanol–water partition coefficient (Wildman–Crippen LogP) is 3.40. The maximum absolute atomic E-state index is 13.2. The molecule has 2 aromatic carbocycles. The van der Waals surface area contributed by atoms with E-state index < -0.39 is 0 Å². The third-order valence-electron chi connectivity index (χ3n) is 5.73. The van der Waals surface area contributed by atoms with Crippen LogP contribution in [0.3, 0.4) is 0 Å². The molecule has 0 atom stereocenters. The van der Waals surface area contributed by atoms with Gasteiger partial charge in [0.15, 0.2) is 0 Å². The standard InChI is InChI=1S/C25H28FN5O2/c1-17-12-18(2)14-21(13-17)28-25-27-19(3)15-23(32)31(25)16-24(33)30-10-8-29(9-11-30)22-6-4-20(26)5-7-22/h4-7,12-15H,8-11,16H2,1-3H3,(H,27,28). The molecule has 0 unspecified atom stereocenters. The SMILES string of the molecule is Cc1cc(C)cc(Nc2nc(C)cc(=O)n2CC(=O)N2CCN(c3ccc(F)cc3)CC2)c1. The Morgan fingerprint density at radius 2 is 1.61 bits per heavy atom. The van der Waals surface area contributed by atoms with Gasteiger partial charge in [-0.15, -0.1) is 0 Å². The lowest BCUT2D eigenvalue weighted by atomic mass is 10.1. The molecule has 1 aliphatic rings. The molecule has 0 saturated carbocycles. The number of aryl methyl sites for hydroxylation is 3. The highest BCUT2D eigenvalue weighted by Gasteiger charge is 2.23. The zero-order chi connectivity index (χ0) is 23.5. The van der Waals surface area contributed by atoms with Gasteiger partial charge in [0, 0.05) is 49.3 Å². The second-order valence-corrected chi connectivity index (χ2v) is 8.49. The minimum atomic E-state index is -0.271. The van der Waals surface area contributed by atoms with Crippen molar-refractivity contribution < 1.29 is 9.18 Å². The van der Waals surface area contributed by atoms with Crippen LogP contribution in [0.15, 0.2) is 53.3 Å². The van der Waals surface area contributed by atoms with Crippen molar-refractivity contribution in [2.24, 2.45) is 0 Å². The summed E-state index contributed by atoms with van der Waals surface area (Å²) in [7, 11) is 0. The predicted molar refractivity (Wildman–Crippen MR) is 128 cm³/mol. The lowest BCUT2D eigenvalue weighted by Crippen LogP contribution is -2.50. The fraction of sp³-hybridized carbons (Fsp3) is 0.320. The Morgan fingerprint density at radius 1 is 0.970 bits per heavy atom. The summed E-state index contributed by atoms with van der Waals surface area (Å²) in [5.41, 5.74) is 4.25. The van der Waals surface area contributed by atoms with Crippen LogP contribution in [-0.2, 0) is 11.3 Å². The van der Waals surface area contributed by atoms with Crippen molar-refractivity contribution in [1.29, 1.82) is 0 Å². The van der Waals surface area contributed by atoms with Crippen LogP contribution in [0.5, 0.6) is 0 Å². The van der Waals surface area contributed by atoms with Crippen LogP contribution in [0.1, 0.15) is 16.8 Å². The van der Waals surface area contributed by atoms with Gasteiger partial charge in [-0.1, -0.05) is 6.07 Å². The van der Waals surface area contributed by atoms with Crippen molar-refractivity contribution in [2.75, 3.05) is 36.4 Å². The zero-order valence-corrected chi connectivity index (χ0v) is 19.1. The fourth-order valence-electron chi connectivity index (χ4n) is 4.15.